The number of hydrogen-bond acceptors (Lipinski definition) is 5. The predicted octanol–water partition coefficient (Wildman–Crippen LogP) is 5.23. The van der Waals surface area contributed by atoms with Gasteiger partial charge in [0.1, 0.15) is 16.8 Å². The number of methoxy groups -OCH3 is 1. The number of carbonyl (C=O) groups excluding carboxylic acids is 1. The summed E-state index contributed by atoms with van der Waals surface area (Å²) in [7, 11) is 1.57. The molecule has 0 fully saturated rings. The normalized spacial score (nSPS) is 16.9. The first-order chi connectivity index (χ1) is 14.2. The van der Waals surface area contributed by atoms with Gasteiger partial charge in [0, 0.05) is 5.69 Å². The predicted molar refractivity (Wildman–Crippen MR) is 121 cm³/mol. The number of benzene rings is 1. The third-order valence-corrected chi connectivity index (χ3v) is 6.82. The molecule has 158 valence electrons. The average molecular weight is 424 g/mol. The molecule has 1 aliphatic rings. The fraction of sp³-hybridized carbons (Fsp3) is 0.458. The summed E-state index contributed by atoms with van der Waals surface area (Å²) >= 11 is 1.33. The molecule has 3 rings (SSSR count). The molecule has 0 spiro atoms. The number of anilines is 1. The van der Waals surface area contributed by atoms with Crippen molar-refractivity contribution in [1.29, 1.82) is 5.26 Å². The van der Waals surface area contributed by atoms with Crippen LogP contribution in [0.1, 0.15) is 50.9 Å². The topological polar surface area (TPSA) is 75.0 Å². The molecule has 1 aromatic carbocycles. The van der Waals surface area contributed by atoms with Crippen LogP contribution in [0.15, 0.2) is 35.4 Å². The van der Waals surface area contributed by atoms with E-state index in [0.717, 1.165) is 25.0 Å². The molecule has 30 heavy (non-hydrogen) atoms. The number of rotatable bonds is 5. The molecule has 0 radical (unpaired) electrons. The van der Waals surface area contributed by atoms with E-state index in [4.69, 9.17) is 9.72 Å². The van der Waals surface area contributed by atoms with Crippen LogP contribution in [0.25, 0.3) is 0 Å². The van der Waals surface area contributed by atoms with Crippen LogP contribution >= 0.6 is 11.8 Å². The van der Waals surface area contributed by atoms with Gasteiger partial charge in [0.05, 0.1) is 23.6 Å². The molecule has 1 amide bonds. The van der Waals surface area contributed by atoms with Crippen LogP contribution in [0.2, 0.25) is 0 Å². The van der Waals surface area contributed by atoms with E-state index in [9.17, 15) is 10.1 Å². The van der Waals surface area contributed by atoms with Crippen molar-refractivity contribution >= 4 is 23.4 Å². The number of aromatic nitrogens is 1. The Balaban J connectivity index is 1.76. The lowest BCUT2D eigenvalue weighted by molar-refractivity contribution is -0.115. The molecule has 1 aromatic heterocycles. The van der Waals surface area contributed by atoms with Gasteiger partial charge in [0.2, 0.25) is 5.91 Å². The molecule has 1 heterocycles. The minimum Gasteiger partial charge on any atom is -0.495 e. The number of nitrogens with one attached hydrogen (secondary N) is 1. The Kier molecular flexibility index (Phi) is 6.72. The zero-order valence-electron chi connectivity index (χ0n) is 18.3. The standard InChI is InChI=1S/C24H29N3O2S/c1-15(22(28)26-20-8-6-7-9-21(20)29-5)30-23-17(14-25)12-16-13-18(24(2,3)4)10-11-19(16)27-23/h6-9,12,15,18H,10-11,13H2,1-5H3,(H,26,28). The maximum Gasteiger partial charge on any atom is 0.237 e. The first-order valence-electron chi connectivity index (χ1n) is 10.3. The third kappa shape index (κ3) is 4.96. The zero-order valence-corrected chi connectivity index (χ0v) is 19.1. The SMILES string of the molecule is COc1ccccc1NC(=O)C(C)Sc1nc2c(cc1C#N)CC(C(C)(C)C)CC2. The quantitative estimate of drug-likeness (QED) is 0.666. The van der Waals surface area contributed by atoms with Crippen LogP contribution < -0.4 is 10.1 Å². The van der Waals surface area contributed by atoms with Crippen LogP contribution in [0, 0.1) is 22.7 Å². The number of pyridine rings is 1. The second-order valence-corrected chi connectivity index (χ2v) is 10.1. The Morgan fingerprint density at radius 2 is 2.10 bits per heavy atom. The third-order valence-electron chi connectivity index (χ3n) is 5.72. The van der Waals surface area contributed by atoms with Crippen molar-refractivity contribution in [3.05, 3.63) is 47.2 Å². The maximum absolute atomic E-state index is 12.7. The molecule has 2 atom stereocenters. The van der Waals surface area contributed by atoms with Crippen molar-refractivity contribution in [1.82, 2.24) is 4.98 Å². The maximum atomic E-state index is 12.7. The highest BCUT2D eigenvalue weighted by molar-refractivity contribution is 8.00. The molecule has 5 nitrogen and oxygen atoms in total. The average Bonchev–Trinajstić information content (AvgIpc) is 2.72. The Morgan fingerprint density at radius 3 is 2.77 bits per heavy atom. The van der Waals surface area contributed by atoms with Crippen LogP contribution in [0.4, 0.5) is 5.69 Å². The van der Waals surface area contributed by atoms with Crippen LogP contribution in [0.3, 0.4) is 0 Å². The lowest BCUT2D eigenvalue weighted by atomic mass is 9.71. The van der Waals surface area contributed by atoms with Gasteiger partial charge in [-0.25, -0.2) is 4.98 Å². The van der Waals surface area contributed by atoms with Crippen LogP contribution in [-0.2, 0) is 17.6 Å². The number of carbonyl (C=O) groups is 1. The van der Waals surface area contributed by atoms with Crippen LogP contribution in [0.5, 0.6) is 5.75 Å². The largest absolute Gasteiger partial charge is 0.495 e. The van der Waals surface area contributed by atoms with E-state index in [0.29, 0.717) is 27.9 Å². The number of nitriles is 1. The summed E-state index contributed by atoms with van der Waals surface area (Å²) in [5.41, 5.74) is 3.65. The van der Waals surface area contributed by atoms with Crippen molar-refractivity contribution in [2.45, 2.75) is 57.2 Å². The second-order valence-electron chi connectivity index (χ2n) is 8.81. The van der Waals surface area contributed by atoms with Gasteiger partial charge >= 0.3 is 0 Å². The molecule has 2 unspecified atom stereocenters. The van der Waals surface area contributed by atoms with Gasteiger partial charge in [-0.15, -0.1) is 0 Å². The Morgan fingerprint density at radius 1 is 1.37 bits per heavy atom. The summed E-state index contributed by atoms with van der Waals surface area (Å²) in [5.74, 6) is 1.05. The van der Waals surface area contributed by atoms with E-state index < -0.39 is 5.25 Å². The minimum absolute atomic E-state index is 0.152. The van der Waals surface area contributed by atoms with E-state index >= 15 is 0 Å². The molecular formula is C24H29N3O2S. The molecule has 1 N–H and O–H groups in total. The lowest BCUT2D eigenvalue weighted by Gasteiger charge is -2.34. The van der Waals surface area contributed by atoms with Gasteiger partial charge in [0.25, 0.3) is 0 Å². The second kappa shape index (κ2) is 9.09. The van der Waals surface area contributed by atoms with Crippen molar-refractivity contribution in [3.8, 4) is 11.8 Å². The molecule has 0 aliphatic heterocycles. The summed E-state index contributed by atoms with van der Waals surface area (Å²) in [6.45, 7) is 8.64. The van der Waals surface area contributed by atoms with E-state index in [1.54, 1.807) is 19.2 Å². The van der Waals surface area contributed by atoms with Gasteiger partial charge in [-0.3, -0.25) is 4.79 Å². The van der Waals surface area contributed by atoms with E-state index in [2.05, 4.69) is 32.2 Å². The van der Waals surface area contributed by atoms with Gasteiger partial charge in [-0.1, -0.05) is 44.7 Å². The van der Waals surface area contributed by atoms with Gasteiger partial charge < -0.3 is 10.1 Å². The number of fused-ring (bicyclic) bond motifs is 1. The first-order valence-corrected chi connectivity index (χ1v) is 11.1. The summed E-state index contributed by atoms with van der Waals surface area (Å²) in [4.78, 5) is 17.5. The zero-order chi connectivity index (χ0) is 21.9. The Bertz CT molecular complexity index is 975. The van der Waals surface area contributed by atoms with Crippen molar-refractivity contribution in [2.24, 2.45) is 11.3 Å². The van der Waals surface area contributed by atoms with Crippen molar-refractivity contribution < 1.29 is 9.53 Å². The lowest BCUT2D eigenvalue weighted by Crippen LogP contribution is -2.28. The van der Waals surface area contributed by atoms with E-state index in [1.165, 1.54) is 17.3 Å². The monoisotopic (exact) mass is 423 g/mol. The highest BCUT2D eigenvalue weighted by Crippen LogP contribution is 2.38. The molecule has 0 saturated carbocycles. The fourth-order valence-electron chi connectivity index (χ4n) is 3.76. The number of thioether (sulfide) groups is 1. The molecule has 6 heteroatoms. The summed E-state index contributed by atoms with van der Waals surface area (Å²) in [6, 6.07) is 11.6. The van der Waals surface area contributed by atoms with Crippen molar-refractivity contribution in [2.75, 3.05) is 12.4 Å². The number of aryl methyl sites for hydroxylation is 1. The molecule has 0 saturated heterocycles. The summed E-state index contributed by atoms with van der Waals surface area (Å²) in [6.07, 6.45) is 2.97. The van der Waals surface area contributed by atoms with Gasteiger partial charge in [-0.05, 0) is 61.3 Å². The Labute approximate surface area is 183 Å². The van der Waals surface area contributed by atoms with Gasteiger partial charge in [-0.2, -0.15) is 5.26 Å². The summed E-state index contributed by atoms with van der Waals surface area (Å²) in [5, 5.41) is 12.8. The van der Waals surface area contributed by atoms with Gasteiger partial charge in [0.15, 0.2) is 0 Å². The molecule has 2 aromatic rings. The number of nitrogens with zero attached hydrogens (tertiary/aromatic N) is 2. The van der Waals surface area contributed by atoms with E-state index in [-0.39, 0.29) is 11.3 Å². The fourth-order valence-corrected chi connectivity index (χ4v) is 4.65. The Hall–Kier alpha value is -2.52. The van der Waals surface area contributed by atoms with Crippen molar-refractivity contribution in [3.63, 3.8) is 0 Å². The number of hydrogen-bond donors (Lipinski definition) is 1. The number of para-hydroxylation sites is 2. The number of ether oxygens (including phenoxy) is 1. The summed E-state index contributed by atoms with van der Waals surface area (Å²) < 4.78 is 5.30. The highest BCUT2D eigenvalue weighted by Gasteiger charge is 2.30. The molecule has 0 bridgehead atoms. The van der Waals surface area contributed by atoms with Crippen LogP contribution in [-0.4, -0.2) is 23.3 Å². The number of amides is 1. The molecule has 1 aliphatic carbocycles. The minimum atomic E-state index is -0.404. The molecular weight excluding hydrogens is 394 g/mol. The smallest absolute Gasteiger partial charge is 0.237 e. The first kappa shape index (κ1) is 22.2. The van der Waals surface area contributed by atoms with E-state index in [1.807, 2.05) is 25.1 Å². The highest BCUT2D eigenvalue weighted by atomic mass is 32.2.